The fourth-order valence-electron chi connectivity index (χ4n) is 1.69. The van der Waals surface area contributed by atoms with E-state index in [1.165, 1.54) is 0 Å². The summed E-state index contributed by atoms with van der Waals surface area (Å²) in [4.78, 5) is 11.7. The third-order valence-electron chi connectivity index (χ3n) is 3.00. The van der Waals surface area contributed by atoms with E-state index in [0.29, 0.717) is 0 Å². The highest BCUT2D eigenvalue weighted by Crippen LogP contribution is 2.22. The van der Waals surface area contributed by atoms with E-state index in [2.05, 4.69) is 14.1 Å². The molecule has 0 aliphatic carbocycles. The number of ether oxygens (including phenoxy) is 1. The fourth-order valence-corrected chi connectivity index (χ4v) is 1.69. The van der Waals surface area contributed by atoms with Gasteiger partial charge in [0.2, 0.25) is 0 Å². The quantitative estimate of drug-likeness (QED) is 0.491. The zero-order valence-electron chi connectivity index (χ0n) is 10.7. The molecule has 0 unspecified atom stereocenters. The Morgan fingerprint density at radius 1 is 1.20 bits per heavy atom. The van der Waals surface area contributed by atoms with Gasteiger partial charge in [0.1, 0.15) is 6.10 Å². The maximum absolute atomic E-state index is 11.7. The number of carbonyl (C=O) groups is 1. The lowest BCUT2D eigenvalue weighted by atomic mass is 9.97. The smallest absolute Gasteiger partial charge is 0.311 e. The van der Waals surface area contributed by atoms with Crippen LogP contribution in [0.5, 0.6) is 0 Å². The molecule has 3 nitrogen and oxygen atoms in total. The zero-order chi connectivity index (χ0) is 11.7. The van der Waals surface area contributed by atoms with Crippen molar-refractivity contribution in [1.82, 2.24) is 0 Å². The Labute approximate surface area is 93.0 Å². The van der Waals surface area contributed by atoms with E-state index in [9.17, 15) is 4.79 Å². The molecule has 3 heteroatoms. The maximum atomic E-state index is 11.7. The lowest BCUT2D eigenvalue weighted by Gasteiger charge is -2.37. The van der Waals surface area contributed by atoms with Gasteiger partial charge in [0.05, 0.1) is 32.6 Å². The van der Waals surface area contributed by atoms with Crippen molar-refractivity contribution in [3.05, 3.63) is 0 Å². The van der Waals surface area contributed by atoms with Gasteiger partial charge in [-0.05, 0) is 20.8 Å². The van der Waals surface area contributed by atoms with Gasteiger partial charge in [0, 0.05) is 12.8 Å². The molecule has 1 fully saturated rings. The number of nitrogens with zero attached hydrogens (tertiary/aromatic N) is 1. The van der Waals surface area contributed by atoms with Crippen LogP contribution in [0.3, 0.4) is 0 Å². The van der Waals surface area contributed by atoms with Crippen molar-refractivity contribution in [2.24, 2.45) is 5.41 Å². The number of rotatable bonds is 1. The molecule has 0 bridgehead atoms. The number of hydrogen-bond acceptors (Lipinski definition) is 2. The molecular weight excluding hydrogens is 190 g/mol. The SMILES string of the molecule is CC(C)(C)C(=O)OC1CC[N+](C)(C)CC1. The molecule has 15 heavy (non-hydrogen) atoms. The van der Waals surface area contributed by atoms with Crippen LogP contribution in [0.1, 0.15) is 33.6 Å². The summed E-state index contributed by atoms with van der Waals surface area (Å²) in [7, 11) is 4.45. The summed E-state index contributed by atoms with van der Waals surface area (Å²) in [5.41, 5.74) is -0.373. The minimum absolute atomic E-state index is 0.0697. The Morgan fingerprint density at radius 3 is 2.07 bits per heavy atom. The van der Waals surface area contributed by atoms with E-state index in [0.717, 1.165) is 30.4 Å². The summed E-state index contributed by atoms with van der Waals surface area (Å²) in [6, 6.07) is 0. The Balaban J connectivity index is 2.40. The van der Waals surface area contributed by atoms with Crippen LogP contribution in [0.4, 0.5) is 0 Å². The highest BCUT2D eigenvalue weighted by molar-refractivity contribution is 5.75. The van der Waals surface area contributed by atoms with Gasteiger partial charge in [-0.25, -0.2) is 0 Å². The van der Waals surface area contributed by atoms with Gasteiger partial charge in [-0.3, -0.25) is 4.79 Å². The van der Waals surface area contributed by atoms with Crippen LogP contribution in [-0.4, -0.2) is 43.7 Å². The van der Waals surface area contributed by atoms with Crippen molar-refractivity contribution < 1.29 is 14.0 Å². The van der Waals surface area contributed by atoms with E-state index in [-0.39, 0.29) is 17.5 Å². The fraction of sp³-hybridized carbons (Fsp3) is 0.917. The molecule has 0 saturated carbocycles. The van der Waals surface area contributed by atoms with Gasteiger partial charge in [0.15, 0.2) is 0 Å². The summed E-state index contributed by atoms with van der Waals surface area (Å²) < 4.78 is 6.55. The van der Waals surface area contributed by atoms with Gasteiger partial charge in [-0.2, -0.15) is 0 Å². The third kappa shape index (κ3) is 3.82. The van der Waals surface area contributed by atoms with E-state index in [1.807, 2.05) is 20.8 Å². The first-order chi connectivity index (χ1) is 6.71. The normalized spacial score (nSPS) is 22.5. The molecule has 0 aromatic rings. The molecule has 1 heterocycles. The average molecular weight is 214 g/mol. The summed E-state index contributed by atoms with van der Waals surface area (Å²) >= 11 is 0. The topological polar surface area (TPSA) is 26.3 Å². The summed E-state index contributed by atoms with van der Waals surface area (Å²) in [5, 5.41) is 0. The lowest BCUT2D eigenvalue weighted by Crippen LogP contribution is -2.48. The molecule has 0 atom stereocenters. The van der Waals surface area contributed by atoms with Crippen LogP contribution in [0.25, 0.3) is 0 Å². The molecule has 0 aromatic heterocycles. The van der Waals surface area contributed by atoms with Crippen LogP contribution < -0.4 is 0 Å². The minimum Gasteiger partial charge on any atom is -0.461 e. The molecule has 88 valence electrons. The zero-order valence-corrected chi connectivity index (χ0v) is 10.7. The van der Waals surface area contributed by atoms with Crippen molar-refractivity contribution in [3.63, 3.8) is 0 Å². The molecule has 0 aromatic carbocycles. The van der Waals surface area contributed by atoms with Crippen LogP contribution in [0, 0.1) is 5.41 Å². The molecule has 1 aliphatic rings. The number of esters is 1. The molecule has 0 radical (unpaired) electrons. The lowest BCUT2D eigenvalue weighted by molar-refractivity contribution is -0.896. The summed E-state index contributed by atoms with van der Waals surface area (Å²) in [6.07, 6.45) is 2.13. The first-order valence-electron chi connectivity index (χ1n) is 5.74. The van der Waals surface area contributed by atoms with Crippen molar-refractivity contribution >= 4 is 5.97 Å². The summed E-state index contributed by atoms with van der Waals surface area (Å²) in [5.74, 6) is -0.0697. The van der Waals surface area contributed by atoms with Gasteiger partial charge in [-0.1, -0.05) is 0 Å². The molecule has 1 saturated heterocycles. The van der Waals surface area contributed by atoms with E-state index in [4.69, 9.17) is 4.74 Å². The number of likely N-dealkylation sites (tertiary alicyclic amines) is 1. The average Bonchev–Trinajstić information content (AvgIpc) is 2.07. The second-order valence-corrected chi connectivity index (χ2v) is 6.24. The Hall–Kier alpha value is -0.570. The number of quaternary nitrogens is 1. The van der Waals surface area contributed by atoms with Crippen LogP contribution in [0.15, 0.2) is 0 Å². The molecule has 1 aliphatic heterocycles. The molecule has 1 rings (SSSR count). The monoisotopic (exact) mass is 214 g/mol. The summed E-state index contributed by atoms with van der Waals surface area (Å²) in [6.45, 7) is 7.90. The predicted octanol–water partition coefficient (Wildman–Crippen LogP) is 1.81. The largest absolute Gasteiger partial charge is 0.461 e. The minimum atomic E-state index is -0.373. The van der Waals surface area contributed by atoms with E-state index < -0.39 is 0 Å². The Morgan fingerprint density at radius 2 is 1.67 bits per heavy atom. The van der Waals surface area contributed by atoms with E-state index >= 15 is 0 Å². The molecule has 0 spiro atoms. The second-order valence-electron chi connectivity index (χ2n) is 6.24. The van der Waals surface area contributed by atoms with Crippen molar-refractivity contribution in [1.29, 1.82) is 0 Å². The first-order valence-corrected chi connectivity index (χ1v) is 5.74. The highest BCUT2D eigenvalue weighted by atomic mass is 16.5. The Bertz CT molecular complexity index is 230. The van der Waals surface area contributed by atoms with Crippen LogP contribution in [0.2, 0.25) is 0 Å². The molecule has 0 N–H and O–H groups in total. The van der Waals surface area contributed by atoms with Crippen molar-refractivity contribution in [3.8, 4) is 0 Å². The molecule has 0 amide bonds. The van der Waals surface area contributed by atoms with Crippen LogP contribution in [-0.2, 0) is 9.53 Å². The van der Waals surface area contributed by atoms with Crippen LogP contribution >= 0.6 is 0 Å². The first kappa shape index (κ1) is 12.5. The van der Waals surface area contributed by atoms with Crippen molar-refractivity contribution in [2.75, 3.05) is 27.2 Å². The predicted molar refractivity (Wildman–Crippen MR) is 60.4 cm³/mol. The number of carbonyl (C=O) groups excluding carboxylic acids is 1. The highest BCUT2D eigenvalue weighted by Gasteiger charge is 2.31. The molecular formula is C12H24NO2+. The number of hydrogen-bond donors (Lipinski definition) is 0. The van der Waals surface area contributed by atoms with Gasteiger partial charge < -0.3 is 9.22 Å². The second kappa shape index (κ2) is 4.12. The maximum Gasteiger partial charge on any atom is 0.311 e. The van der Waals surface area contributed by atoms with Gasteiger partial charge in [0.25, 0.3) is 0 Å². The standard InChI is InChI=1S/C12H24NO2/c1-12(2,3)11(14)15-10-6-8-13(4,5)9-7-10/h10H,6-9H2,1-5H3/q+1. The van der Waals surface area contributed by atoms with Gasteiger partial charge >= 0.3 is 5.97 Å². The van der Waals surface area contributed by atoms with Gasteiger partial charge in [-0.15, -0.1) is 0 Å². The third-order valence-corrected chi connectivity index (χ3v) is 3.00. The van der Waals surface area contributed by atoms with Crippen molar-refractivity contribution in [2.45, 2.75) is 39.7 Å². The van der Waals surface area contributed by atoms with E-state index in [1.54, 1.807) is 0 Å². The Kier molecular flexibility index (Phi) is 3.44. The number of piperidine rings is 1.